The van der Waals surface area contributed by atoms with E-state index < -0.39 is 0 Å². The van der Waals surface area contributed by atoms with Crippen LogP contribution in [0.3, 0.4) is 0 Å². The van der Waals surface area contributed by atoms with Crippen molar-refractivity contribution in [3.63, 3.8) is 0 Å². The van der Waals surface area contributed by atoms with E-state index in [2.05, 4.69) is 19.1 Å². The Bertz CT molecular complexity index is 462. The second-order valence-corrected chi connectivity index (χ2v) is 3.67. The third kappa shape index (κ3) is 0.992. The molecule has 0 aliphatic heterocycles. The van der Waals surface area contributed by atoms with Crippen molar-refractivity contribution in [2.24, 2.45) is 0 Å². The van der Waals surface area contributed by atoms with Gasteiger partial charge in [0.1, 0.15) is 6.07 Å². The molecule has 0 saturated heterocycles. The van der Waals surface area contributed by atoms with E-state index in [1.807, 2.05) is 17.5 Å². The van der Waals surface area contributed by atoms with Crippen LogP contribution in [0.1, 0.15) is 11.1 Å². The summed E-state index contributed by atoms with van der Waals surface area (Å²) in [7, 11) is 0. The third-order valence-corrected chi connectivity index (χ3v) is 2.80. The van der Waals surface area contributed by atoms with E-state index in [-0.39, 0.29) is 0 Å². The number of benzene rings is 1. The summed E-state index contributed by atoms with van der Waals surface area (Å²) in [6.07, 6.45) is 0. The zero-order chi connectivity index (χ0) is 8.55. The molecule has 2 heteroatoms. The molecule has 0 N–H and O–H groups in total. The van der Waals surface area contributed by atoms with Crippen LogP contribution in [0.5, 0.6) is 0 Å². The Hall–Kier alpha value is -1.33. The second kappa shape index (κ2) is 2.62. The van der Waals surface area contributed by atoms with E-state index in [9.17, 15) is 0 Å². The number of fused-ring (bicyclic) bond motifs is 1. The molecule has 1 heterocycles. The van der Waals surface area contributed by atoms with Gasteiger partial charge in [0, 0.05) is 15.5 Å². The molecule has 0 spiro atoms. The molecule has 2 rings (SSSR count). The first-order valence-electron chi connectivity index (χ1n) is 3.69. The van der Waals surface area contributed by atoms with Gasteiger partial charge in [-0.05, 0) is 18.6 Å². The molecule has 0 aliphatic carbocycles. The lowest BCUT2D eigenvalue weighted by atomic mass is 10.1. The lowest BCUT2D eigenvalue weighted by molar-refractivity contribution is 1.50. The van der Waals surface area contributed by atoms with Gasteiger partial charge in [0.15, 0.2) is 0 Å². The molecule has 1 nitrogen and oxygen atoms in total. The van der Waals surface area contributed by atoms with Crippen molar-refractivity contribution in [3.05, 3.63) is 34.7 Å². The van der Waals surface area contributed by atoms with Gasteiger partial charge in [0.05, 0.1) is 5.56 Å². The first-order valence-corrected chi connectivity index (χ1v) is 4.57. The van der Waals surface area contributed by atoms with Crippen LogP contribution in [-0.4, -0.2) is 0 Å². The highest BCUT2D eigenvalue weighted by molar-refractivity contribution is 7.17. The first kappa shape index (κ1) is 7.33. The van der Waals surface area contributed by atoms with Crippen molar-refractivity contribution in [2.75, 3.05) is 0 Å². The van der Waals surface area contributed by atoms with Gasteiger partial charge < -0.3 is 0 Å². The Morgan fingerprint density at radius 2 is 2.25 bits per heavy atom. The molecule has 0 aliphatic rings. The highest BCUT2D eigenvalue weighted by Crippen LogP contribution is 2.25. The fourth-order valence-corrected chi connectivity index (χ4v) is 2.21. The Balaban J connectivity index is 2.84. The predicted molar refractivity (Wildman–Crippen MR) is 51.3 cm³/mol. The maximum absolute atomic E-state index is 8.75. The largest absolute Gasteiger partial charge is 0.192 e. The summed E-state index contributed by atoms with van der Waals surface area (Å²) in [5.74, 6) is 0. The molecule has 0 saturated carbocycles. The van der Waals surface area contributed by atoms with Crippen LogP contribution < -0.4 is 0 Å². The molecule has 0 radical (unpaired) electrons. The lowest BCUT2D eigenvalue weighted by Gasteiger charge is -1.91. The smallest absolute Gasteiger partial charge is 0.101 e. The van der Waals surface area contributed by atoms with Crippen LogP contribution >= 0.6 is 11.3 Å². The highest BCUT2D eigenvalue weighted by Gasteiger charge is 2.01. The lowest BCUT2D eigenvalue weighted by Crippen LogP contribution is -1.71. The number of rotatable bonds is 0. The zero-order valence-corrected chi connectivity index (χ0v) is 7.48. The number of aryl methyl sites for hydroxylation is 1. The van der Waals surface area contributed by atoms with Gasteiger partial charge in [0.2, 0.25) is 0 Å². The highest BCUT2D eigenvalue weighted by atomic mass is 32.1. The SMILES string of the molecule is Cc1ccc2c(C#N)csc2c1. The molecule has 0 amide bonds. The van der Waals surface area contributed by atoms with Crippen LogP contribution in [0.15, 0.2) is 23.6 Å². The molecule has 0 bridgehead atoms. The quantitative estimate of drug-likeness (QED) is 0.600. The van der Waals surface area contributed by atoms with Crippen molar-refractivity contribution in [3.8, 4) is 6.07 Å². The molecule has 58 valence electrons. The molecule has 12 heavy (non-hydrogen) atoms. The van der Waals surface area contributed by atoms with Crippen LogP contribution in [0.4, 0.5) is 0 Å². The standard InChI is InChI=1S/C10H7NS/c1-7-2-3-9-8(5-11)6-12-10(9)4-7/h2-4,6H,1H3. The summed E-state index contributed by atoms with van der Waals surface area (Å²) in [4.78, 5) is 0. The normalized spacial score (nSPS) is 10.0. The molecule has 0 atom stereocenters. The topological polar surface area (TPSA) is 23.8 Å². The van der Waals surface area contributed by atoms with E-state index in [1.54, 1.807) is 11.3 Å². The molecular formula is C10H7NS. The van der Waals surface area contributed by atoms with Crippen LogP contribution in [0.2, 0.25) is 0 Å². The maximum Gasteiger partial charge on any atom is 0.101 e. The van der Waals surface area contributed by atoms with Gasteiger partial charge in [-0.3, -0.25) is 0 Å². The Labute approximate surface area is 74.9 Å². The average molecular weight is 173 g/mol. The minimum Gasteiger partial charge on any atom is -0.192 e. The van der Waals surface area contributed by atoms with Crippen molar-refractivity contribution in [2.45, 2.75) is 6.92 Å². The number of hydrogen-bond donors (Lipinski definition) is 0. The van der Waals surface area contributed by atoms with Crippen LogP contribution in [0, 0.1) is 18.3 Å². The third-order valence-electron chi connectivity index (χ3n) is 1.85. The minimum absolute atomic E-state index is 0.787. The van der Waals surface area contributed by atoms with Crippen LogP contribution in [-0.2, 0) is 0 Å². The van der Waals surface area contributed by atoms with Crippen molar-refractivity contribution in [1.82, 2.24) is 0 Å². The van der Waals surface area contributed by atoms with Gasteiger partial charge in [-0.1, -0.05) is 12.1 Å². The molecule has 1 aromatic heterocycles. The number of hydrogen-bond acceptors (Lipinski definition) is 2. The predicted octanol–water partition coefficient (Wildman–Crippen LogP) is 3.08. The maximum atomic E-state index is 8.75. The Morgan fingerprint density at radius 3 is 3.00 bits per heavy atom. The van der Waals surface area contributed by atoms with Crippen molar-refractivity contribution in [1.29, 1.82) is 5.26 Å². The van der Waals surface area contributed by atoms with E-state index in [4.69, 9.17) is 5.26 Å². The minimum atomic E-state index is 0.787. The van der Waals surface area contributed by atoms with Crippen LogP contribution in [0.25, 0.3) is 10.1 Å². The summed E-state index contributed by atoms with van der Waals surface area (Å²) in [5.41, 5.74) is 2.03. The van der Waals surface area contributed by atoms with Gasteiger partial charge in [-0.15, -0.1) is 11.3 Å². The average Bonchev–Trinajstić information content (AvgIpc) is 2.46. The summed E-state index contributed by atoms with van der Waals surface area (Å²) in [6, 6.07) is 8.34. The number of nitriles is 1. The summed E-state index contributed by atoms with van der Waals surface area (Å²) in [6.45, 7) is 2.06. The van der Waals surface area contributed by atoms with Crippen molar-refractivity contribution < 1.29 is 0 Å². The fraction of sp³-hybridized carbons (Fsp3) is 0.100. The van der Waals surface area contributed by atoms with E-state index in [0.29, 0.717) is 0 Å². The number of nitrogens with zero attached hydrogens (tertiary/aromatic N) is 1. The second-order valence-electron chi connectivity index (χ2n) is 2.76. The summed E-state index contributed by atoms with van der Waals surface area (Å²) in [5, 5.41) is 11.7. The molecule has 2 aromatic rings. The fourth-order valence-electron chi connectivity index (χ4n) is 1.22. The van der Waals surface area contributed by atoms with Gasteiger partial charge in [0.25, 0.3) is 0 Å². The van der Waals surface area contributed by atoms with E-state index in [1.165, 1.54) is 10.3 Å². The van der Waals surface area contributed by atoms with Gasteiger partial charge in [-0.25, -0.2) is 0 Å². The number of thiophene rings is 1. The first-order chi connectivity index (χ1) is 5.81. The van der Waals surface area contributed by atoms with E-state index in [0.717, 1.165) is 10.9 Å². The monoisotopic (exact) mass is 173 g/mol. The molecular weight excluding hydrogens is 166 g/mol. The Kier molecular flexibility index (Phi) is 1.60. The summed E-state index contributed by atoms with van der Waals surface area (Å²) >= 11 is 1.63. The van der Waals surface area contributed by atoms with Gasteiger partial charge >= 0.3 is 0 Å². The molecule has 0 unspecified atom stereocenters. The zero-order valence-electron chi connectivity index (χ0n) is 6.66. The van der Waals surface area contributed by atoms with E-state index >= 15 is 0 Å². The summed E-state index contributed by atoms with van der Waals surface area (Å²) < 4.78 is 1.20. The molecule has 1 aromatic carbocycles. The van der Waals surface area contributed by atoms with Gasteiger partial charge in [-0.2, -0.15) is 5.26 Å². The Morgan fingerprint density at radius 1 is 1.42 bits per heavy atom. The molecule has 0 fully saturated rings. The van der Waals surface area contributed by atoms with Crippen molar-refractivity contribution >= 4 is 21.4 Å².